The van der Waals surface area contributed by atoms with Crippen LogP contribution in [0.25, 0.3) is 10.9 Å². The fraction of sp³-hybridized carbons (Fsp3) is 0.333. The fourth-order valence-corrected chi connectivity index (χ4v) is 3.89. The molecule has 6 heteroatoms. The van der Waals surface area contributed by atoms with E-state index in [4.69, 9.17) is 4.74 Å². The van der Waals surface area contributed by atoms with E-state index in [1.807, 2.05) is 65.3 Å². The second kappa shape index (κ2) is 8.61. The van der Waals surface area contributed by atoms with Gasteiger partial charge in [-0.15, -0.1) is 0 Å². The minimum atomic E-state index is -0.00538. The number of hydrogen-bond acceptors (Lipinski definition) is 3. The van der Waals surface area contributed by atoms with Crippen molar-refractivity contribution in [1.29, 1.82) is 0 Å². The summed E-state index contributed by atoms with van der Waals surface area (Å²) < 4.78 is 5.16. The molecule has 1 N–H and O–H groups in total. The summed E-state index contributed by atoms with van der Waals surface area (Å²) in [6, 6.07) is 15.8. The number of H-pyrrole nitrogens is 1. The van der Waals surface area contributed by atoms with Crippen LogP contribution in [0.5, 0.6) is 5.75 Å². The first-order valence-electron chi connectivity index (χ1n) is 10.3. The van der Waals surface area contributed by atoms with Crippen LogP contribution in [-0.4, -0.2) is 59.9 Å². The van der Waals surface area contributed by atoms with Crippen molar-refractivity contribution in [3.05, 3.63) is 65.4 Å². The number of aromatic amines is 1. The Bertz CT molecular complexity index is 1050. The number of hydrogen-bond donors (Lipinski definition) is 1. The molecule has 2 heterocycles. The van der Waals surface area contributed by atoms with Crippen molar-refractivity contribution in [2.45, 2.75) is 19.8 Å². The summed E-state index contributed by atoms with van der Waals surface area (Å²) in [6.45, 7) is 4.30. The normalized spacial score (nSPS) is 14.2. The Balaban J connectivity index is 1.30. The zero-order valence-electron chi connectivity index (χ0n) is 17.5. The fourth-order valence-electron chi connectivity index (χ4n) is 3.89. The predicted molar refractivity (Wildman–Crippen MR) is 117 cm³/mol. The van der Waals surface area contributed by atoms with E-state index in [9.17, 15) is 9.59 Å². The van der Waals surface area contributed by atoms with Gasteiger partial charge in [-0.2, -0.15) is 0 Å². The molecule has 0 bridgehead atoms. The third-order valence-electron chi connectivity index (χ3n) is 5.71. The van der Waals surface area contributed by atoms with Crippen LogP contribution in [0.3, 0.4) is 0 Å². The molecule has 156 valence electrons. The van der Waals surface area contributed by atoms with E-state index in [0.29, 0.717) is 44.7 Å². The van der Waals surface area contributed by atoms with Crippen LogP contribution in [0.4, 0.5) is 0 Å². The van der Waals surface area contributed by atoms with Gasteiger partial charge in [0.25, 0.3) is 5.91 Å². The van der Waals surface area contributed by atoms with E-state index in [1.54, 1.807) is 7.11 Å². The van der Waals surface area contributed by atoms with Crippen LogP contribution < -0.4 is 4.74 Å². The van der Waals surface area contributed by atoms with Gasteiger partial charge in [0.15, 0.2) is 0 Å². The van der Waals surface area contributed by atoms with Crippen LogP contribution in [0, 0.1) is 6.92 Å². The molecule has 1 saturated heterocycles. The minimum Gasteiger partial charge on any atom is -0.497 e. The Morgan fingerprint density at radius 2 is 1.67 bits per heavy atom. The van der Waals surface area contributed by atoms with Crippen molar-refractivity contribution in [2.75, 3.05) is 33.3 Å². The van der Waals surface area contributed by atoms with Crippen molar-refractivity contribution in [3.8, 4) is 5.75 Å². The van der Waals surface area contributed by atoms with Gasteiger partial charge < -0.3 is 19.5 Å². The average Bonchev–Trinajstić information content (AvgIpc) is 3.20. The monoisotopic (exact) mass is 405 g/mol. The molecule has 1 aliphatic rings. The Labute approximate surface area is 176 Å². The summed E-state index contributed by atoms with van der Waals surface area (Å²) in [6.07, 6.45) is 1.18. The van der Waals surface area contributed by atoms with E-state index in [1.165, 1.54) is 0 Å². The highest BCUT2D eigenvalue weighted by atomic mass is 16.5. The number of aryl methyl sites for hydroxylation is 2. The summed E-state index contributed by atoms with van der Waals surface area (Å²) in [4.78, 5) is 32.4. The van der Waals surface area contributed by atoms with E-state index < -0.39 is 0 Å². The average molecular weight is 405 g/mol. The molecule has 2 amide bonds. The van der Waals surface area contributed by atoms with E-state index in [-0.39, 0.29) is 11.8 Å². The largest absolute Gasteiger partial charge is 0.497 e. The molecule has 1 aromatic heterocycles. The molecule has 0 spiro atoms. The lowest BCUT2D eigenvalue weighted by Gasteiger charge is -2.34. The van der Waals surface area contributed by atoms with Gasteiger partial charge in [-0.05, 0) is 48.7 Å². The Morgan fingerprint density at radius 3 is 2.37 bits per heavy atom. The molecule has 1 aliphatic heterocycles. The molecular formula is C24H27N3O3. The zero-order chi connectivity index (χ0) is 21.1. The first-order valence-corrected chi connectivity index (χ1v) is 10.3. The third-order valence-corrected chi connectivity index (χ3v) is 5.71. The van der Waals surface area contributed by atoms with Crippen LogP contribution in [0.1, 0.15) is 28.0 Å². The molecule has 0 radical (unpaired) electrons. The Morgan fingerprint density at radius 1 is 0.967 bits per heavy atom. The van der Waals surface area contributed by atoms with Crippen molar-refractivity contribution in [1.82, 2.24) is 14.8 Å². The lowest BCUT2D eigenvalue weighted by atomic mass is 10.1. The summed E-state index contributed by atoms with van der Waals surface area (Å²) >= 11 is 0. The van der Waals surface area contributed by atoms with Crippen LogP contribution in [0.15, 0.2) is 48.5 Å². The summed E-state index contributed by atoms with van der Waals surface area (Å²) in [5.74, 6) is 0.948. The molecule has 0 aliphatic carbocycles. The molecule has 30 heavy (non-hydrogen) atoms. The SMILES string of the molecule is COc1ccc(CCC(=O)N2CCN(C(=O)c3cc4ccc(C)cc4[nH]3)CC2)cc1. The van der Waals surface area contributed by atoms with E-state index in [2.05, 4.69) is 4.98 Å². The van der Waals surface area contributed by atoms with Crippen molar-refractivity contribution in [2.24, 2.45) is 0 Å². The zero-order valence-corrected chi connectivity index (χ0v) is 17.5. The number of amides is 2. The molecule has 0 unspecified atom stereocenters. The Kier molecular flexibility index (Phi) is 5.74. The lowest BCUT2D eigenvalue weighted by Crippen LogP contribution is -2.50. The molecule has 6 nitrogen and oxygen atoms in total. The van der Waals surface area contributed by atoms with E-state index >= 15 is 0 Å². The first-order chi connectivity index (χ1) is 14.5. The van der Waals surface area contributed by atoms with Crippen LogP contribution >= 0.6 is 0 Å². The van der Waals surface area contributed by atoms with E-state index in [0.717, 1.165) is 27.8 Å². The number of carbonyl (C=O) groups is 2. The van der Waals surface area contributed by atoms with Crippen molar-refractivity contribution < 1.29 is 14.3 Å². The van der Waals surface area contributed by atoms with Gasteiger partial charge in [-0.25, -0.2) is 0 Å². The number of methoxy groups -OCH3 is 1. The predicted octanol–water partition coefficient (Wildman–Crippen LogP) is 3.40. The number of ether oxygens (including phenoxy) is 1. The van der Waals surface area contributed by atoms with Gasteiger partial charge in [0, 0.05) is 43.5 Å². The van der Waals surface area contributed by atoms with Crippen LogP contribution in [0.2, 0.25) is 0 Å². The smallest absolute Gasteiger partial charge is 0.270 e. The Hall–Kier alpha value is -3.28. The molecule has 2 aromatic carbocycles. The van der Waals surface area contributed by atoms with Gasteiger partial charge in [0.05, 0.1) is 7.11 Å². The van der Waals surface area contributed by atoms with Gasteiger partial charge in [-0.1, -0.05) is 24.3 Å². The highest BCUT2D eigenvalue weighted by Gasteiger charge is 2.25. The molecule has 0 saturated carbocycles. The summed E-state index contributed by atoms with van der Waals surface area (Å²) in [7, 11) is 1.64. The lowest BCUT2D eigenvalue weighted by molar-refractivity contribution is -0.132. The highest BCUT2D eigenvalue weighted by Crippen LogP contribution is 2.19. The number of fused-ring (bicyclic) bond motifs is 1. The first kappa shape index (κ1) is 20.0. The highest BCUT2D eigenvalue weighted by molar-refractivity contribution is 5.98. The van der Waals surface area contributed by atoms with Gasteiger partial charge in [-0.3, -0.25) is 9.59 Å². The maximum Gasteiger partial charge on any atom is 0.270 e. The third kappa shape index (κ3) is 4.32. The van der Waals surface area contributed by atoms with Crippen molar-refractivity contribution in [3.63, 3.8) is 0 Å². The number of nitrogens with zero attached hydrogens (tertiary/aromatic N) is 2. The number of benzene rings is 2. The molecular weight excluding hydrogens is 378 g/mol. The minimum absolute atomic E-state index is 0.00538. The number of carbonyl (C=O) groups excluding carboxylic acids is 2. The molecule has 1 fully saturated rings. The van der Waals surface area contributed by atoms with Gasteiger partial charge in [0.1, 0.15) is 11.4 Å². The second-order valence-electron chi connectivity index (χ2n) is 7.79. The number of aromatic nitrogens is 1. The number of nitrogens with one attached hydrogen (secondary N) is 1. The summed E-state index contributed by atoms with van der Waals surface area (Å²) in [5, 5.41) is 1.04. The second-order valence-corrected chi connectivity index (χ2v) is 7.79. The van der Waals surface area contributed by atoms with Crippen molar-refractivity contribution >= 4 is 22.7 Å². The number of rotatable bonds is 5. The summed E-state index contributed by atoms with van der Waals surface area (Å²) in [5.41, 5.74) is 3.86. The van der Waals surface area contributed by atoms with Gasteiger partial charge in [0.2, 0.25) is 5.91 Å². The molecule has 3 aromatic rings. The standard InChI is InChI=1S/C24H27N3O3/c1-17-3-7-19-16-22(25-21(19)15-17)24(29)27-13-11-26(12-14-27)23(28)10-6-18-4-8-20(30-2)9-5-18/h3-5,7-9,15-16,25H,6,10-14H2,1-2H3. The quantitative estimate of drug-likeness (QED) is 0.708. The van der Waals surface area contributed by atoms with Crippen LogP contribution in [-0.2, 0) is 11.2 Å². The maximum absolute atomic E-state index is 12.9. The number of piperazine rings is 1. The van der Waals surface area contributed by atoms with Gasteiger partial charge >= 0.3 is 0 Å². The maximum atomic E-state index is 12.9. The molecule has 4 rings (SSSR count). The topological polar surface area (TPSA) is 65.6 Å². The molecule has 0 atom stereocenters.